The largest absolute Gasteiger partial charge is 0.498 e. The fraction of sp³-hybridized carbons (Fsp3) is 0.458. The van der Waals surface area contributed by atoms with Crippen molar-refractivity contribution in [3.05, 3.63) is 71.1 Å². The third-order valence-corrected chi connectivity index (χ3v) is 7.62. The second kappa shape index (κ2) is 9.95. The van der Waals surface area contributed by atoms with Crippen molar-refractivity contribution in [3.8, 4) is 0 Å². The molecule has 1 N–H and O–H groups in total. The van der Waals surface area contributed by atoms with Crippen LogP contribution in [0.3, 0.4) is 0 Å². The van der Waals surface area contributed by atoms with Crippen LogP contribution in [0.2, 0.25) is 0 Å². The molecular formula is C24H28F3N3O3S. The van der Waals surface area contributed by atoms with Gasteiger partial charge in [0.2, 0.25) is 10.0 Å². The van der Waals surface area contributed by atoms with E-state index in [1.165, 1.54) is 16.6 Å². The average molecular weight is 496 g/mol. The highest BCUT2D eigenvalue weighted by Crippen LogP contribution is 2.36. The minimum atomic E-state index is -4.52. The van der Waals surface area contributed by atoms with Crippen LogP contribution < -0.4 is 5.32 Å². The van der Waals surface area contributed by atoms with Gasteiger partial charge in [-0.05, 0) is 49.0 Å². The van der Waals surface area contributed by atoms with E-state index in [2.05, 4.69) is 10.3 Å². The number of anilines is 1. The molecule has 4 rings (SSSR count). The fourth-order valence-electron chi connectivity index (χ4n) is 4.51. The molecule has 2 fully saturated rings. The summed E-state index contributed by atoms with van der Waals surface area (Å²) in [5.74, 6) is 1.08. The van der Waals surface area contributed by atoms with Crippen molar-refractivity contribution in [2.75, 3.05) is 31.3 Å². The smallest absolute Gasteiger partial charge is 0.418 e. The molecular weight excluding hydrogens is 467 g/mol. The van der Waals surface area contributed by atoms with Gasteiger partial charge in [0.05, 0.1) is 24.2 Å². The Bertz CT molecular complexity index is 1130. The van der Waals surface area contributed by atoms with Crippen molar-refractivity contribution >= 4 is 15.8 Å². The Hall–Kier alpha value is -2.59. The van der Waals surface area contributed by atoms with E-state index in [9.17, 15) is 21.6 Å². The molecule has 1 atom stereocenters. The normalized spacial score (nSPS) is 21.5. The number of hydrogen-bond donors (Lipinski definition) is 1. The van der Waals surface area contributed by atoms with Crippen LogP contribution in [0.15, 0.2) is 54.4 Å². The molecule has 1 aromatic heterocycles. The molecule has 2 aliphatic heterocycles. The van der Waals surface area contributed by atoms with Crippen LogP contribution in [0.4, 0.5) is 19.0 Å². The Morgan fingerprint density at radius 3 is 2.53 bits per heavy atom. The van der Waals surface area contributed by atoms with E-state index in [-0.39, 0.29) is 23.9 Å². The number of pyridine rings is 1. The summed E-state index contributed by atoms with van der Waals surface area (Å²) < 4.78 is 71.5. The number of piperidine rings is 1. The van der Waals surface area contributed by atoms with E-state index in [4.69, 9.17) is 4.74 Å². The number of aromatic nitrogens is 1. The number of allylic oxidation sites excluding steroid dienone is 2. The first-order valence-corrected chi connectivity index (χ1v) is 13.1. The highest BCUT2D eigenvalue weighted by atomic mass is 32.2. The molecule has 1 aromatic carbocycles. The topological polar surface area (TPSA) is 71.5 Å². The number of alkyl halides is 3. The first kappa shape index (κ1) is 24.5. The number of benzene rings is 1. The molecule has 3 heterocycles. The third-order valence-electron chi connectivity index (χ3n) is 6.31. The average Bonchev–Trinajstić information content (AvgIpc) is 3.26. The van der Waals surface area contributed by atoms with Crippen LogP contribution in [0.1, 0.15) is 41.9 Å². The van der Waals surface area contributed by atoms with Crippen molar-refractivity contribution in [1.82, 2.24) is 9.29 Å². The highest BCUT2D eigenvalue weighted by Gasteiger charge is 2.34. The molecule has 2 aliphatic rings. The number of nitrogens with zero attached hydrogens (tertiary/aromatic N) is 2. The van der Waals surface area contributed by atoms with Crippen molar-refractivity contribution < 1.29 is 26.3 Å². The first-order valence-electron chi connectivity index (χ1n) is 11.3. The zero-order valence-corrected chi connectivity index (χ0v) is 19.7. The summed E-state index contributed by atoms with van der Waals surface area (Å²) >= 11 is 0. The zero-order chi connectivity index (χ0) is 24.3. The molecule has 2 saturated heterocycles. The zero-order valence-electron chi connectivity index (χ0n) is 18.9. The van der Waals surface area contributed by atoms with E-state index in [0.29, 0.717) is 44.1 Å². The quantitative estimate of drug-likeness (QED) is 0.636. The summed E-state index contributed by atoms with van der Waals surface area (Å²) in [6, 6.07) is 11.2. The van der Waals surface area contributed by atoms with Gasteiger partial charge in [-0.25, -0.2) is 17.7 Å². The fourth-order valence-corrected chi connectivity index (χ4v) is 5.38. The summed E-state index contributed by atoms with van der Waals surface area (Å²) in [6.45, 7) is 1.27. The Morgan fingerprint density at radius 2 is 1.88 bits per heavy atom. The Balaban J connectivity index is 1.51. The third kappa shape index (κ3) is 5.90. The van der Waals surface area contributed by atoms with E-state index in [1.54, 1.807) is 6.08 Å². The molecule has 2 aromatic rings. The van der Waals surface area contributed by atoms with Crippen LogP contribution >= 0.6 is 0 Å². The van der Waals surface area contributed by atoms with Gasteiger partial charge in [-0.1, -0.05) is 30.3 Å². The summed E-state index contributed by atoms with van der Waals surface area (Å²) in [6.07, 6.45) is 1.23. The van der Waals surface area contributed by atoms with E-state index >= 15 is 0 Å². The summed E-state index contributed by atoms with van der Waals surface area (Å²) in [5, 5.41) is 3.18. The predicted octanol–water partition coefficient (Wildman–Crippen LogP) is 4.57. The molecule has 0 aliphatic carbocycles. The van der Waals surface area contributed by atoms with Crippen LogP contribution in [0.5, 0.6) is 0 Å². The van der Waals surface area contributed by atoms with Gasteiger partial charge in [-0.15, -0.1) is 0 Å². The molecule has 0 radical (unpaired) electrons. The number of ether oxygens (including phenoxy) is 1. The number of rotatable bonds is 6. The summed E-state index contributed by atoms with van der Waals surface area (Å²) in [4.78, 5) is 4.00. The maximum absolute atomic E-state index is 13.7. The molecule has 0 amide bonds. The Kier molecular flexibility index (Phi) is 7.18. The monoisotopic (exact) mass is 495 g/mol. The lowest BCUT2D eigenvalue weighted by atomic mass is 9.94. The molecule has 10 heteroatoms. The Morgan fingerprint density at radius 1 is 1.18 bits per heavy atom. The van der Waals surface area contributed by atoms with Crippen LogP contribution in [0.25, 0.3) is 0 Å². The summed E-state index contributed by atoms with van der Waals surface area (Å²) in [5.41, 5.74) is 0.434. The standard InChI is InChI=1S/C24H28F3N3O3S/c1-34(31,32)30-12-9-19(10-13-30)29-23-15-18(21(16-28-23)24(25,26)27)7-8-22-20(11-14-33-22)17-5-3-2-4-6-17/h2-6,8,15-16,19-20H,7,9-14H2,1H3,(H,28,29)/b22-8-. The first-order chi connectivity index (χ1) is 16.1. The van der Waals surface area contributed by atoms with Gasteiger partial charge in [0.25, 0.3) is 0 Å². The van der Waals surface area contributed by atoms with Crippen LogP contribution in [-0.4, -0.2) is 49.7 Å². The second-order valence-electron chi connectivity index (χ2n) is 8.72. The molecule has 34 heavy (non-hydrogen) atoms. The van der Waals surface area contributed by atoms with Crippen molar-refractivity contribution in [3.63, 3.8) is 0 Å². The van der Waals surface area contributed by atoms with E-state index < -0.39 is 21.8 Å². The molecule has 0 spiro atoms. The predicted molar refractivity (Wildman–Crippen MR) is 124 cm³/mol. The minimum Gasteiger partial charge on any atom is -0.498 e. The Labute approximate surface area is 197 Å². The lowest BCUT2D eigenvalue weighted by Crippen LogP contribution is -2.41. The lowest BCUT2D eigenvalue weighted by Gasteiger charge is -2.31. The minimum absolute atomic E-state index is 0.0370. The SMILES string of the molecule is CS(=O)(=O)N1CCC(Nc2cc(C/C=C3\OCCC3c3ccccc3)c(C(F)(F)F)cn2)CC1. The van der Waals surface area contributed by atoms with Crippen molar-refractivity contribution in [2.45, 2.75) is 43.8 Å². The number of sulfonamides is 1. The highest BCUT2D eigenvalue weighted by molar-refractivity contribution is 7.88. The van der Waals surface area contributed by atoms with Gasteiger partial charge in [0, 0.05) is 31.2 Å². The number of hydrogen-bond acceptors (Lipinski definition) is 5. The maximum atomic E-state index is 13.7. The van der Waals surface area contributed by atoms with Crippen molar-refractivity contribution in [2.24, 2.45) is 0 Å². The molecule has 6 nitrogen and oxygen atoms in total. The van der Waals surface area contributed by atoms with Crippen LogP contribution in [0, 0.1) is 0 Å². The van der Waals surface area contributed by atoms with E-state index in [1.807, 2.05) is 30.3 Å². The van der Waals surface area contributed by atoms with Crippen LogP contribution in [-0.2, 0) is 27.4 Å². The van der Waals surface area contributed by atoms with Gasteiger partial charge in [-0.2, -0.15) is 13.2 Å². The number of halogens is 3. The number of nitrogens with one attached hydrogen (secondary N) is 1. The van der Waals surface area contributed by atoms with E-state index in [0.717, 1.165) is 18.2 Å². The van der Waals surface area contributed by atoms with Gasteiger partial charge < -0.3 is 10.1 Å². The lowest BCUT2D eigenvalue weighted by molar-refractivity contribution is -0.138. The van der Waals surface area contributed by atoms with Gasteiger partial charge in [-0.3, -0.25) is 0 Å². The van der Waals surface area contributed by atoms with Crippen molar-refractivity contribution in [1.29, 1.82) is 0 Å². The second-order valence-corrected chi connectivity index (χ2v) is 10.7. The van der Waals surface area contributed by atoms with Gasteiger partial charge >= 0.3 is 6.18 Å². The molecule has 0 saturated carbocycles. The van der Waals surface area contributed by atoms with Gasteiger partial charge in [0.1, 0.15) is 5.82 Å². The molecule has 1 unspecified atom stereocenters. The van der Waals surface area contributed by atoms with Gasteiger partial charge in [0.15, 0.2) is 0 Å². The molecule has 184 valence electrons. The maximum Gasteiger partial charge on any atom is 0.418 e. The summed E-state index contributed by atoms with van der Waals surface area (Å²) in [7, 11) is -3.24. The molecule has 0 bridgehead atoms.